The molecule has 0 spiro atoms. The Bertz CT molecular complexity index is 442. The lowest BCUT2D eigenvalue weighted by Gasteiger charge is -2.03. The molecule has 0 bridgehead atoms. The second kappa shape index (κ2) is 3.64. The van der Waals surface area contributed by atoms with Crippen molar-refractivity contribution in [2.24, 2.45) is 0 Å². The molecule has 0 saturated heterocycles. The number of halogens is 1. The lowest BCUT2D eigenvalue weighted by molar-refractivity contribution is 1.30. The molecule has 0 fully saturated rings. The highest BCUT2D eigenvalue weighted by atomic mass is 35.5. The van der Waals surface area contributed by atoms with Gasteiger partial charge in [-0.1, -0.05) is 17.7 Å². The molecular formula is C10H8ClN3. The zero-order valence-electron chi connectivity index (χ0n) is 7.31. The van der Waals surface area contributed by atoms with Crippen molar-refractivity contribution in [1.29, 1.82) is 0 Å². The Kier molecular flexibility index (Phi) is 2.33. The van der Waals surface area contributed by atoms with Crippen LogP contribution in [0.1, 0.15) is 0 Å². The summed E-state index contributed by atoms with van der Waals surface area (Å²) in [4.78, 5) is 7.97. The molecule has 2 rings (SSSR count). The molecule has 0 unspecified atom stereocenters. The first-order chi connectivity index (χ1) is 6.77. The van der Waals surface area contributed by atoms with Gasteiger partial charge in [0.05, 0.1) is 0 Å². The van der Waals surface area contributed by atoms with Crippen molar-refractivity contribution < 1.29 is 0 Å². The fourth-order valence-electron chi connectivity index (χ4n) is 1.22. The quantitative estimate of drug-likeness (QED) is 0.728. The first-order valence-electron chi connectivity index (χ1n) is 4.10. The SMILES string of the molecule is Nc1nc(Cl)ccc1-c1cccnc1. The van der Waals surface area contributed by atoms with Gasteiger partial charge in [0, 0.05) is 23.5 Å². The Morgan fingerprint density at radius 3 is 2.71 bits per heavy atom. The summed E-state index contributed by atoms with van der Waals surface area (Å²) in [5.74, 6) is 0.422. The highest BCUT2D eigenvalue weighted by Gasteiger charge is 2.03. The fraction of sp³-hybridized carbons (Fsp3) is 0. The van der Waals surface area contributed by atoms with Crippen molar-refractivity contribution in [2.45, 2.75) is 0 Å². The maximum absolute atomic E-state index is 5.73. The van der Waals surface area contributed by atoms with E-state index in [1.807, 2.05) is 18.2 Å². The second-order valence-corrected chi connectivity index (χ2v) is 3.20. The fourth-order valence-corrected chi connectivity index (χ4v) is 1.37. The van der Waals surface area contributed by atoms with E-state index in [4.69, 9.17) is 17.3 Å². The summed E-state index contributed by atoms with van der Waals surface area (Å²) in [5, 5.41) is 0.398. The largest absolute Gasteiger partial charge is 0.383 e. The summed E-state index contributed by atoms with van der Waals surface area (Å²) in [6.45, 7) is 0. The van der Waals surface area contributed by atoms with Crippen molar-refractivity contribution in [3.05, 3.63) is 41.8 Å². The number of nitrogen functional groups attached to an aromatic ring is 1. The lowest BCUT2D eigenvalue weighted by atomic mass is 10.1. The summed E-state index contributed by atoms with van der Waals surface area (Å²) in [7, 11) is 0. The van der Waals surface area contributed by atoms with Crippen LogP contribution in [0.2, 0.25) is 5.15 Å². The van der Waals surface area contributed by atoms with Gasteiger partial charge < -0.3 is 5.73 Å². The molecule has 2 N–H and O–H groups in total. The van der Waals surface area contributed by atoms with Gasteiger partial charge in [-0.25, -0.2) is 4.98 Å². The number of anilines is 1. The number of rotatable bonds is 1. The van der Waals surface area contributed by atoms with Crippen LogP contribution in [0.3, 0.4) is 0 Å². The third-order valence-electron chi connectivity index (χ3n) is 1.86. The molecular weight excluding hydrogens is 198 g/mol. The zero-order chi connectivity index (χ0) is 9.97. The minimum Gasteiger partial charge on any atom is -0.383 e. The van der Waals surface area contributed by atoms with E-state index >= 15 is 0 Å². The van der Waals surface area contributed by atoms with Crippen LogP contribution in [0.5, 0.6) is 0 Å². The topological polar surface area (TPSA) is 51.8 Å². The molecule has 0 saturated carbocycles. The molecule has 3 nitrogen and oxygen atoms in total. The van der Waals surface area contributed by atoms with E-state index in [1.165, 1.54) is 0 Å². The predicted octanol–water partition coefficient (Wildman–Crippen LogP) is 2.38. The minimum atomic E-state index is 0.398. The average Bonchev–Trinajstić information content (AvgIpc) is 2.19. The zero-order valence-corrected chi connectivity index (χ0v) is 8.07. The Labute approximate surface area is 86.6 Å². The van der Waals surface area contributed by atoms with Gasteiger partial charge in [0.25, 0.3) is 0 Å². The van der Waals surface area contributed by atoms with Crippen molar-refractivity contribution in [1.82, 2.24) is 9.97 Å². The van der Waals surface area contributed by atoms with Crippen LogP contribution in [-0.2, 0) is 0 Å². The number of pyridine rings is 2. The molecule has 2 heterocycles. The Morgan fingerprint density at radius 2 is 2.07 bits per heavy atom. The van der Waals surface area contributed by atoms with Gasteiger partial charge in [-0.15, -0.1) is 0 Å². The summed E-state index contributed by atoms with van der Waals surface area (Å²) >= 11 is 5.70. The third kappa shape index (κ3) is 1.67. The van der Waals surface area contributed by atoms with Gasteiger partial charge in [0.1, 0.15) is 11.0 Å². The van der Waals surface area contributed by atoms with Gasteiger partial charge >= 0.3 is 0 Å². The maximum atomic E-state index is 5.73. The lowest BCUT2D eigenvalue weighted by Crippen LogP contribution is -1.94. The van der Waals surface area contributed by atoms with Gasteiger partial charge in [-0.3, -0.25) is 4.98 Å². The first-order valence-corrected chi connectivity index (χ1v) is 4.47. The van der Waals surface area contributed by atoms with Gasteiger partial charge in [-0.05, 0) is 18.2 Å². The van der Waals surface area contributed by atoms with E-state index in [0.29, 0.717) is 11.0 Å². The molecule has 0 amide bonds. The number of hydrogen-bond donors (Lipinski definition) is 1. The molecule has 4 heteroatoms. The van der Waals surface area contributed by atoms with Crippen LogP contribution in [0.15, 0.2) is 36.7 Å². The van der Waals surface area contributed by atoms with E-state index in [2.05, 4.69) is 9.97 Å². The molecule has 0 radical (unpaired) electrons. The van der Waals surface area contributed by atoms with Crippen LogP contribution in [-0.4, -0.2) is 9.97 Å². The molecule has 14 heavy (non-hydrogen) atoms. The van der Waals surface area contributed by atoms with Crippen molar-refractivity contribution in [3.63, 3.8) is 0 Å². The summed E-state index contributed by atoms with van der Waals surface area (Å²) in [6, 6.07) is 7.32. The smallest absolute Gasteiger partial charge is 0.133 e. The summed E-state index contributed by atoms with van der Waals surface area (Å²) in [5.41, 5.74) is 7.52. The Hall–Kier alpha value is -1.61. The highest BCUT2D eigenvalue weighted by molar-refractivity contribution is 6.29. The van der Waals surface area contributed by atoms with Crippen molar-refractivity contribution in [3.8, 4) is 11.1 Å². The Balaban J connectivity index is 2.53. The number of aromatic nitrogens is 2. The first kappa shape index (κ1) is 8.97. The van der Waals surface area contributed by atoms with Gasteiger partial charge in [0.15, 0.2) is 0 Å². The molecule has 0 aliphatic rings. The molecule has 2 aromatic heterocycles. The second-order valence-electron chi connectivity index (χ2n) is 2.81. The van der Waals surface area contributed by atoms with E-state index in [0.717, 1.165) is 11.1 Å². The monoisotopic (exact) mass is 205 g/mol. The number of nitrogens with zero attached hydrogens (tertiary/aromatic N) is 2. The van der Waals surface area contributed by atoms with Crippen LogP contribution in [0.4, 0.5) is 5.82 Å². The van der Waals surface area contributed by atoms with E-state index < -0.39 is 0 Å². The van der Waals surface area contributed by atoms with E-state index in [9.17, 15) is 0 Å². The number of hydrogen-bond acceptors (Lipinski definition) is 3. The molecule has 70 valence electrons. The van der Waals surface area contributed by atoms with Crippen LogP contribution >= 0.6 is 11.6 Å². The normalized spacial score (nSPS) is 10.1. The third-order valence-corrected chi connectivity index (χ3v) is 2.07. The molecule has 0 atom stereocenters. The Morgan fingerprint density at radius 1 is 1.21 bits per heavy atom. The van der Waals surface area contributed by atoms with Crippen LogP contribution in [0.25, 0.3) is 11.1 Å². The van der Waals surface area contributed by atoms with Gasteiger partial charge in [-0.2, -0.15) is 0 Å². The van der Waals surface area contributed by atoms with Crippen LogP contribution in [0, 0.1) is 0 Å². The minimum absolute atomic E-state index is 0.398. The average molecular weight is 206 g/mol. The van der Waals surface area contributed by atoms with E-state index in [1.54, 1.807) is 18.5 Å². The van der Waals surface area contributed by atoms with Gasteiger partial charge in [0.2, 0.25) is 0 Å². The number of nitrogens with two attached hydrogens (primary N) is 1. The molecule has 0 aliphatic heterocycles. The summed E-state index contributed by atoms with van der Waals surface area (Å²) < 4.78 is 0. The summed E-state index contributed by atoms with van der Waals surface area (Å²) in [6.07, 6.45) is 3.45. The predicted molar refractivity (Wildman–Crippen MR) is 56.9 cm³/mol. The van der Waals surface area contributed by atoms with Crippen LogP contribution < -0.4 is 5.73 Å². The standard InChI is InChI=1S/C10H8ClN3/c11-9-4-3-8(10(12)14-9)7-2-1-5-13-6-7/h1-6H,(H2,12,14). The highest BCUT2D eigenvalue weighted by Crippen LogP contribution is 2.24. The van der Waals surface area contributed by atoms with Crippen molar-refractivity contribution in [2.75, 3.05) is 5.73 Å². The molecule has 2 aromatic rings. The molecule has 0 aliphatic carbocycles. The maximum Gasteiger partial charge on any atom is 0.133 e. The molecule has 0 aromatic carbocycles. The van der Waals surface area contributed by atoms with Crippen molar-refractivity contribution >= 4 is 17.4 Å². The van der Waals surface area contributed by atoms with E-state index in [-0.39, 0.29) is 0 Å².